The molecule has 1 aliphatic heterocycles. The first-order valence-corrected chi connectivity index (χ1v) is 7.88. The number of H-pyrrole nitrogens is 1. The van der Waals surface area contributed by atoms with Crippen LogP contribution >= 0.6 is 0 Å². The maximum absolute atomic E-state index is 5.30. The summed E-state index contributed by atoms with van der Waals surface area (Å²) >= 11 is 0. The highest BCUT2D eigenvalue weighted by molar-refractivity contribution is 5.74. The lowest BCUT2D eigenvalue weighted by atomic mass is 10.00. The molecule has 4 aromatic rings. The summed E-state index contributed by atoms with van der Waals surface area (Å²) in [7, 11) is 0. The van der Waals surface area contributed by atoms with Crippen LogP contribution < -0.4 is 0 Å². The molecule has 7 nitrogen and oxygen atoms in total. The van der Waals surface area contributed by atoms with Gasteiger partial charge in [0.25, 0.3) is 0 Å². The number of hydrogen-bond acceptors (Lipinski definition) is 6. The van der Waals surface area contributed by atoms with E-state index in [1.807, 2.05) is 24.3 Å². The number of nitrogens with one attached hydrogen (secondary N) is 1. The molecule has 0 spiro atoms. The van der Waals surface area contributed by atoms with Gasteiger partial charge < -0.3 is 13.9 Å². The van der Waals surface area contributed by atoms with E-state index < -0.39 is 0 Å². The minimum Gasteiger partial charge on any atom is -0.461 e. The standard InChI is InChI=1S/C17H15N5O2/c1-2-5-13-12(4-1)18-16(19-13)11-8-22(9-11)10-15-20-17(21-24-15)14-6-3-7-23-14/h1-7,11H,8-10H2,(H,18,19). The molecule has 0 amide bonds. The molecular formula is C17H15N5O2. The Morgan fingerprint density at radius 3 is 2.88 bits per heavy atom. The normalized spacial score (nSPS) is 15.8. The van der Waals surface area contributed by atoms with Crippen molar-refractivity contribution in [3.05, 3.63) is 54.4 Å². The second kappa shape index (κ2) is 5.31. The lowest BCUT2D eigenvalue weighted by Crippen LogP contribution is -2.44. The Kier molecular flexibility index (Phi) is 2.99. The summed E-state index contributed by atoms with van der Waals surface area (Å²) in [6.07, 6.45) is 1.60. The molecule has 7 heteroatoms. The fraction of sp³-hybridized carbons (Fsp3) is 0.235. The minimum absolute atomic E-state index is 0.421. The highest BCUT2D eigenvalue weighted by atomic mass is 16.5. The number of likely N-dealkylation sites (tertiary alicyclic amines) is 1. The molecule has 0 saturated carbocycles. The van der Waals surface area contributed by atoms with E-state index in [0.717, 1.165) is 29.9 Å². The molecule has 0 aliphatic carbocycles. The van der Waals surface area contributed by atoms with E-state index in [0.29, 0.717) is 29.9 Å². The molecule has 1 aliphatic rings. The van der Waals surface area contributed by atoms with Gasteiger partial charge in [0.15, 0.2) is 5.76 Å². The van der Waals surface area contributed by atoms with Crippen molar-refractivity contribution < 1.29 is 8.94 Å². The maximum Gasteiger partial charge on any atom is 0.241 e. The molecule has 120 valence electrons. The lowest BCUT2D eigenvalue weighted by molar-refractivity contribution is 0.118. The number of aromatic amines is 1. The van der Waals surface area contributed by atoms with Crippen LogP contribution in [0, 0.1) is 0 Å². The van der Waals surface area contributed by atoms with Crippen molar-refractivity contribution in [1.82, 2.24) is 25.0 Å². The van der Waals surface area contributed by atoms with Gasteiger partial charge in [0, 0.05) is 19.0 Å². The van der Waals surface area contributed by atoms with Crippen LogP contribution in [0.1, 0.15) is 17.6 Å². The number of furan rings is 1. The summed E-state index contributed by atoms with van der Waals surface area (Å²) in [4.78, 5) is 14.7. The van der Waals surface area contributed by atoms with E-state index in [1.165, 1.54) is 0 Å². The molecule has 1 aromatic carbocycles. The Morgan fingerprint density at radius 2 is 2.04 bits per heavy atom. The Hall–Kier alpha value is -2.93. The average molecular weight is 321 g/mol. The van der Waals surface area contributed by atoms with Gasteiger partial charge in [0.2, 0.25) is 11.7 Å². The van der Waals surface area contributed by atoms with Crippen molar-refractivity contribution in [1.29, 1.82) is 0 Å². The van der Waals surface area contributed by atoms with Crippen molar-refractivity contribution in [2.75, 3.05) is 13.1 Å². The molecule has 1 saturated heterocycles. The van der Waals surface area contributed by atoms with Crippen LogP contribution in [-0.4, -0.2) is 38.1 Å². The summed E-state index contributed by atoms with van der Waals surface area (Å²) in [5.74, 6) is 3.18. The SMILES string of the molecule is c1coc(-c2noc(CN3CC(c4nc5ccccc5[nH]4)C3)n2)c1. The molecule has 5 rings (SSSR count). The predicted octanol–water partition coefficient (Wildman–Crippen LogP) is 2.81. The molecule has 1 fully saturated rings. The van der Waals surface area contributed by atoms with E-state index in [1.54, 1.807) is 12.3 Å². The van der Waals surface area contributed by atoms with E-state index >= 15 is 0 Å². The van der Waals surface area contributed by atoms with Crippen molar-refractivity contribution in [2.24, 2.45) is 0 Å². The quantitative estimate of drug-likeness (QED) is 0.622. The van der Waals surface area contributed by atoms with Gasteiger partial charge in [-0.3, -0.25) is 4.90 Å². The molecular weight excluding hydrogens is 306 g/mol. The number of aromatic nitrogens is 4. The first kappa shape index (κ1) is 13.5. The monoisotopic (exact) mass is 321 g/mol. The summed E-state index contributed by atoms with van der Waals surface area (Å²) in [6.45, 7) is 2.50. The molecule has 1 N–H and O–H groups in total. The van der Waals surface area contributed by atoms with Crippen LogP contribution in [0.15, 0.2) is 51.6 Å². The summed E-state index contributed by atoms with van der Waals surface area (Å²) in [5.41, 5.74) is 2.11. The summed E-state index contributed by atoms with van der Waals surface area (Å²) in [6, 6.07) is 11.7. The average Bonchev–Trinajstić information content (AvgIpc) is 3.28. The molecule has 0 unspecified atom stereocenters. The summed E-state index contributed by atoms with van der Waals surface area (Å²) in [5, 5.41) is 3.95. The number of benzene rings is 1. The van der Waals surface area contributed by atoms with Crippen LogP contribution in [-0.2, 0) is 6.54 Å². The Morgan fingerprint density at radius 1 is 1.12 bits per heavy atom. The number of nitrogens with zero attached hydrogens (tertiary/aromatic N) is 4. The molecule has 0 radical (unpaired) electrons. The molecule has 0 atom stereocenters. The van der Waals surface area contributed by atoms with Gasteiger partial charge in [-0.2, -0.15) is 4.98 Å². The highest BCUT2D eigenvalue weighted by Gasteiger charge is 2.31. The van der Waals surface area contributed by atoms with E-state index in [4.69, 9.17) is 8.94 Å². The van der Waals surface area contributed by atoms with Crippen LogP contribution in [0.3, 0.4) is 0 Å². The first-order chi connectivity index (χ1) is 11.8. The second-order valence-corrected chi connectivity index (χ2v) is 6.02. The van der Waals surface area contributed by atoms with Gasteiger partial charge in [-0.15, -0.1) is 0 Å². The fourth-order valence-corrected chi connectivity index (χ4v) is 3.05. The third-order valence-electron chi connectivity index (χ3n) is 4.32. The van der Waals surface area contributed by atoms with Gasteiger partial charge in [-0.25, -0.2) is 4.98 Å². The highest BCUT2D eigenvalue weighted by Crippen LogP contribution is 2.28. The molecule has 4 heterocycles. The van der Waals surface area contributed by atoms with Gasteiger partial charge in [-0.1, -0.05) is 17.3 Å². The van der Waals surface area contributed by atoms with Crippen LogP contribution in [0.2, 0.25) is 0 Å². The van der Waals surface area contributed by atoms with Crippen LogP contribution in [0.5, 0.6) is 0 Å². The smallest absolute Gasteiger partial charge is 0.241 e. The molecule has 24 heavy (non-hydrogen) atoms. The topological polar surface area (TPSA) is 84.0 Å². The lowest BCUT2D eigenvalue weighted by Gasteiger charge is -2.36. The minimum atomic E-state index is 0.421. The zero-order valence-corrected chi connectivity index (χ0v) is 12.8. The predicted molar refractivity (Wildman–Crippen MR) is 86.1 cm³/mol. The van der Waals surface area contributed by atoms with Crippen LogP contribution in [0.4, 0.5) is 0 Å². The van der Waals surface area contributed by atoms with Gasteiger partial charge in [0.05, 0.1) is 23.8 Å². The van der Waals surface area contributed by atoms with E-state index in [-0.39, 0.29) is 0 Å². The Balaban J connectivity index is 1.24. The van der Waals surface area contributed by atoms with Crippen molar-refractivity contribution in [2.45, 2.75) is 12.5 Å². The number of fused-ring (bicyclic) bond motifs is 1. The third kappa shape index (κ3) is 2.30. The van der Waals surface area contributed by atoms with Gasteiger partial charge >= 0.3 is 0 Å². The Bertz CT molecular complexity index is 933. The zero-order valence-electron chi connectivity index (χ0n) is 12.8. The number of rotatable bonds is 4. The number of imidazole rings is 1. The second-order valence-electron chi connectivity index (χ2n) is 6.02. The fourth-order valence-electron chi connectivity index (χ4n) is 3.05. The van der Waals surface area contributed by atoms with E-state index in [9.17, 15) is 0 Å². The van der Waals surface area contributed by atoms with Crippen molar-refractivity contribution in [3.63, 3.8) is 0 Å². The third-order valence-corrected chi connectivity index (χ3v) is 4.32. The molecule has 0 bridgehead atoms. The number of para-hydroxylation sites is 2. The van der Waals surface area contributed by atoms with Gasteiger partial charge in [-0.05, 0) is 24.3 Å². The van der Waals surface area contributed by atoms with Crippen molar-refractivity contribution >= 4 is 11.0 Å². The Labute approximate surface area is 137 Å². The largest absolute Gasteiger partial charge is 0.461 e. The van der Waals surface area contributed by atoms with E-state index in [2.05, 4.69) is 31.1 Å². The van der Waals surface area contributed by atoms with Crippen LogP contribution in [0.25, 0.3) is 22.6 Å². The van der Waals surface area contributed by atoms with Crippen molar-refractivity contribution in [3.8, 4) is 11.6 Å². The maximum atomic E-state index is 5.30. The summed E-state index contributed by atoms with van der Waals surface area (Å²) < 4.78 is 10.6. The van der Waals surface area contributed by atoms with Gasteiger partial charge in [0.1, 0.15) is 5.82 Å². The number of hydrogen-bond donors (Lipinski definition) is 1. The first-order valence-electron chi connectivity index (χ1n) is 7.88. The molecule has 3 aromatic heterocycles. The zero-order chi connectivity index (χ0) is 15.9.